The van der Waals surface area contributed by atoms with Crippen LogP contribution < -0.4 is 5.32 Å². The fourth-order valence-electron chi connectivity index (χ4n) is 2.40. The molecule has 0 saturated heterocycles. The van der Waals surface area contributed by atoms with Gasteiger partial charge in [0.25, 0.3) is 0 Å². The van der Waals surface area contributed by atoms with Gasteiger partial charge in [-0.3, -0.25) is 9.67 Å². The minimum Gasteiger partial charge on any atom is -0.309 e. The van der Waals surface area contributed by atoms with Crippen LogP contribution in [0.4, 0.5) is 0 Å². The van der Waals surface area contributed by atoms with Gasteiger partial charge < -0.3 is 5.32 Å². The van der Waals surface area contributed by atoms with E-state index in [1.54, 1.807) is 11.3 Å². The van der Waals surface area contributed by atoms with Crippen molar-refractivity contribution in [1.29, 1.82) is 0 Å². The number of aromatic nitrogens is 3. The maximum atomic E-state index is 6.52. The second kappa shape index (κ2) is 7.92. The van der Waals surface area contributed by atoms with Crippen molar-refractivity contribution < 1.29 is 0 Å². The molecule has 1 unspecified atom stereocenters. The van der Waals surface area contributed by atoms with Gasteiger partial charge in [-0.25, -0.2) is 0 Å². The van der Waals surface area contributed by atoms with Gasteiger partial charge >= 0.3 is 0 Å². The van der Waals surface area contributed by atoms with Crippen LogP contribution >= 0.6 is 22.9 Å². The first-order chi connectivity index (χ1) is 10.2. The predicted molar refractivity (Wildman–Crippen MR) is 89.1 cm³/mol. The Morgan fingerprint density at radius 2 is 2.19 bits per heavy atom. The summed E-state index contributed by atoms with van der Waals surface area (Å²) in [5.41, 5.74) is 4.00. The third kappa shape index (κ3) is 3.84. The van der Waals surface area contributed by atoms with Crippen LogP contribution in [0.2, 0.25) is 5.02 Å². The van der Waals surface area contributed by atoms with E-state index < -0.39 is 0 Å². The predicted octanol–water partition coefficient (Wildman–Crippen LogP) is 3.86. The summed E-state index contributed by atoms with van der Waals surface area (Å²) in [6.07, 6.45) is 4.77. The molecule has 116 valence electrons. The van der Waals surface area contributed by atoms with Gasteiger partial charge in [-0.1, -0.05) is 25.4 Å². The quantitative estimate of drug-likeness (QED) is 0.801. The van der Waals surface area contributed by atoms with E-state index >= 15 is 0 Å². The highest BCUT2D eigenvalue weighted by atomic mass is 35.5. The van der Waals surface area contributed by atoms with E-state index in [1.807, 2.05) is 16.4 Å². The number of nitrogens with zero attached hydrogens (tertiary/aromatic N) is 3. The largest absolute Gasteiger partial charge is 0.309 e. The van der Waals surface area contributed by atoms with Crippen molar-refractivity contribution >= 4 is 22.9 Å². The molecule has 4 nitrogen and oxygen atoms in total. The Kier molecular flexibility index (Phi) is 6.21. The molecule has 2 rings (SSSR count). The molecule has 2 aromatic rings. The Balaban J connectivity index is 2.25. The van der Waals surface area contributed by atoms with Crippen molar-refractivity contribution in [2.75, 3.05) is 6.54 Å². The Morgan fingerprint density at radius 1 is 1.38 bits per heavy atom. The zero-order valence-electron chi connectivity index (χ0n) is 12.9. The Bertz CT molecular complexity index is 550. The van der Waals surface area contributed by atoms with E-state index in [2.05, 4.69) is 36.2 Å². The minimum atomic E-state index is 0.252. The second-order valence-corrected chi connectivity index (χ2v) is 6.29. The number of hydrogen-bond acceptors (Lipinski definition) is 4. The number of thiazole rings is 1. The number of aryl methyl sites for hydroxylation is 2. The maximum absolute atomic E-state index is 6.52. The Morgan fingerprint density at radius 3 is 2.76 bits per heavy atom. The van der Waals surface area contributed by atoms with Crippen molar-refractivity contribution in [3.8, 4) is 0 Å². The first kappa shape index (κ1) is 16.5. The van der Waals surface area contributed by atoms with Crippen molar-refractivity contribution in [3.63, 3.8) is 0 Å². The summed E-state index contributed by atoms with van der Waals surface area (Å²) in [5.74, 6) is 0. The average molecular weight is 327 g/mol. The lowest BCUT2D eigenvalue weighted by molar-refractivity contribution is 0.507. The van der Waals surface area contributed by atoms with E-state index in [4.69, 9.17) is 11.6 Å². The fraction of sp³-hybridized carbons (Fsp3) is 0.600. The van der Waals surface area contributed by atoms with E-state index in [0.717, 1.165) is 48.8 Å². The number of hydrogen-bond donors (Lipinski definition) is 1. The minimum absolute atomic E-state index is 0.252. The normalized spacial score (nSPS) is 12.8. The Labute approximate surface area is 135 Å². The molecule has 0 fully saturated rings. The summed E-state index contributed by atoms with van der Waals surface area (Å²) in [4.78, 5) is 5.45. The van der Waals surface area contributed by atoms with Crippen molar-refractivity contribution in [2.24, 2.45) is 0 Å². The first-order valence-corrected chi connectivity index (χ1v) is 8.82. The highest BCUT2D eigenvalue weighted by molar-refractivity contribution is 7.09. The molecule has 21 heavy (non-hydrogen) atoms. The van der Waals surface area contributed by atoms with E-state index in [1.165, 1.54) is 4.88 Å². The third-order valence-electron chi connectivity index (χ3n) is 3.53. The van der Waals surface area contributed by atoms with Gasteiger partial charge in [0, 0.05) is 30.1 Å². The fourth-order valence-corrected chi connectivity index (χ4v) is 3.44. The van der Waals surface area contributed by atoms with Crippen molar-refractivity contribution in [2.45, 2.75) is 52.6 Å². The first-order valence-electron chi connectivity index (χ1n) is 7.56. The summed E-state index contributed by atoms with van der Waals surface area (Å²) in [6, 6.07) is 0.252. The standard InChI is InChI=1S/C15H23ClN4S/c1-4-7-18-12(14-9-17-10-21-14)8-13-15(16)11(5-2)19-20(13)6-3/h9-10,12,18H,4-8H2,1-3H3. The number of rotatable bonds is 8. The molecule has 6 heteroatoms. The zero-order chi connectivity index (χ0) is 15.2. The molecule has 0 amide bonds. The molecule has 2 heterocycles. The summed E-state index contributed by atoms with van der Waals surface area (Å²) < 4.78 is 2.03. The van der Waals surface area contributed by atoms with Gasteiger partial charge in [0.2, 0.25) is 0 Å². The molecule has 0 aromatic carbocycles. The van der Waals surface area contributed by atoms with Crippen LogP contribution in [0, 0.1) is 0 Å². The van der Waals surface area contributed by atoms with Crippen LogP contribution in [-0.4, -0.2) is 21.3 Å². The lowest BCUT2D eigenvalue weighted by Crippen LogP contribution is -2.24. The number of halogens is 1. The second-order valence-electron chi connectivity index (χ2n) is 4.99. The van der Waals surface area contributed by atoms with Gasteiger partial charge in [-0.05, 0) is 26.3 Å². The monoisotopic (exact) mass is 326 g/mol. The molecule has 0 radical (unpaired) electrons. The molecule has 0 bridgehead atoms. The van der Waals surface area contributed by atoms with Crippen molar-refractivity contribution in [1.82, 2.24) is 20.1 Å². The highest BCUT2D eigenvalue weighted by Gasteiger charge is 2.20. The van der Waals surface area contributed by atoms with Crippen LogP contribution in [0.5, 0.6) is 0 Å². The molecule has 0 saturated carbocycles. The van der Waals surface area contributed by atoms with Crippen LogP contribution in [-0.2, 0) is 19.4 Å². The lowest BCUT2D eigenvalue weighted by atomic mass is 10.1. The molecular weight excluding hydrogens is 304 g/mol. The maximum Gasteiger partial charge on any atom is 0.0850 e. The molecule has 1 N–H and O–H groups in total. The average Bonchev–Trinajstić information content (AvgIpc) is 3.12. The SMILES string of the molecule is CCCNC(Cc1c(Cl)c(CC)nn1CC)c1cncs1. The molecule has 0 aliphatic heterocycles. The van der Waals surface area contributed by atoms with Crippen molar-refractivity contribution in [3.05, 3.63) is 33.0 Å². The molecule has 0 aliphatic rings. The molecule has 2 aromatic heterocycles. The molecule has 0 spiro atoms. The van der Waals surface area contributed by atoms with Crippen LogP contribution in [0.3, 0.4) is 0 Å². The summed E-state index contributed by atoms with van der Waals surface area (Å²) in [6.45, 7) is 8.20. The zero-order valence-corrected chi connectivity index (χ0v) is 14.5. The van der Waals surface area contributed by atoms with E-state index in [0.29, 0.717) is 0 Å². The molecule has 1 atom stereocenters. The topological polar surface area (TPSA) is 42.7 Å². The van der Waals surface area contributed by atoms with Crippen LogP contribution in [0.15, 0.2) is 11.7 Å². The van der Waals surface area contributed by atoms with E-state index in [9.17, 15) is 0 Å². The summed E-state index contributed by atoms with van der Waals surface area (Å²) in [7, 11) is 0. The third-order valence-corrected chi connectivity index (χ3v) is 4.85. The van der Waals surface area contributed by atoms with Gasteiger partial charge in [-0.2, -0.15) is 5.10 Å². The van der Waals surface area contributed by atoms with Crippen LogP contribution in [0.25, 0.3) is 0 Å². The molecular formula is C15H23ClN4S. The van der Waals surface area contributed by atoms with Gasteiger partial charge in [0.05, 0.1) is 21.9 Å². The summed E-state index contributed by atoms with van der Waals surface area (Å²) in [5, 5.41) is 9.03. The van der Waals surface area contributed by atoms with Gasteiger partial charge in [-0.15, -0.1) is 11.3 Å². The lowest BCUT2D eigenvalue weighted by Gasteiger charge is -2.17. The highest BCUT2D eigenvalue weighted by Crippen LogP contribution is 2.28. The smallest absolute Gasteiger partial charge is 0.0850 e. The van der Waals surface area contributed by atoms with E-state index in [-0.39, 0.29) is 6.04 Å². The summed E-state index contributed by atoms with van der Waals surface area (Å²) >= 11 is 8.21. The number of nitrogens with one attached hydrogen (secondary N) is 1. The van der Waals surface area contributed by atoms with Gasteiger partial charge in [0.1, 0.15) is 0 Å². The Hall–Kier alpha value is -0.910. The van der Waals surface area contributed by atoms with Gasteiger partial charge in [0.15, 0.2) is 0 Å². The molecule has 0 aliphatic carbocycles. The van der Waals surface area contributed by atoms with Crippen LogP contribution in [0.1, 0.15) is 49.5 Å².